The maximum Gasteiger partial charge on any atom is 0.0593 e. The molecule has 0 heterocycles. The maximum absolute atomic E-state index is 6.59. The second kappa shape index (κ2) is 4.70. The Bertz CT molecular complexity index is 508. The van der Waals surface area contributed by atoms with E-state index in [1.165, 1.54) is 35.6 Å². The first-order chi connectivity index (χ1) is 8.34. The fourth-order valence-corrected chi connectivity index (χ4v) is 3.11. The third-order valence-corrected chi connectivity index (χ3v) is 4.34. The van der Waals surface area contributed by atoms with Crippen molar-refractivity contribution in [2.24, 2.45) is 5.92 Å². The van der Waals surface area contributed by atoms with Crippen LogP contribution in [0.2, 0.25) is 0 Å². The van der Waals surface area contributed by atoms with Gasteiger partial charge in [0.2, 0.25) is 0 Å². The van der Waals surface area contributed by atoms with E-state index in [0.29, 0.717) is 0 Å². The van der Waals surface area contributed by atoms with Crippen molar-refractivity contribution < 1.29 is 0 Å². The summed E-state index contributed by atoms with van der Waals surface area (Å²) >= 11 is 6.59. The molecule has 3 rings (SSSR count). The number of rotatable bonds is 3. The Balaban J connectivity index is 1.92. The number of hydrogen-bond acceptors (Lipinski definition) is 0. The first-order valence-corrected chi connectivity index (χ1v) is 6.90. The maximum atomic E-state index is 6.59. The molecule has 0 radical (unpaired) electrons. The largest absolute Gasteiger partial charge is 0.118 e. The van der Waals surface area contributed by atoms with Gasteiger partial charge in [-0.05, 0) is 28.7 Å². The molecule has 0 spiro atoms. The highest BCUT2D eigenvalue weighted by molar-refractivity contribution is 6.21. The Morgan fingerprint density at radius 2 is 1.82 bits per heavy atom. The molecule has 1 aliphatic rings. The Morgan fingerprint density at radius 3 is 2.59 bits per heavy atom. The van der Waals surface area contributed by atoms with Crippen molar-refractivity contribution >= 4 is 22.4 Å². The van der Waals surface area contributed by atoms with Gasteiger partial charge in [-0.25, -0.2) is 0 Å². The quantitative estimate of drug-likeness (QED) is 0.642. The Labute approximate surface area is 108 Å². The van der Waals surface area contributed by atoms with Gasteiger partial charge in [-0.3, -0.25) is 0 Å². The predicted octanol–water partition coefficient (Wildman–Crippen LogP) is 5.31. The fourth-order valence-electron chi connectivity index (χ4n) is 2.67. The summed E-state index contributed by atoms with van der Waals surface area (Å²) in [4.78, 5) is 0. The Morgan fingerprint density at radius 1 is 1.06 bits per heavy atom. The van der Waals surface area contributed by atoms with Crippen LogP contribution in [0.4, 0.5) is 0 Å². The van der Waals surface area contributed by atoms with Crippen molar-refractivity contribution in [1.29, 1.82) is 0 Å². The second-order valence-electron chi connectivity index (χ2n) is 5.07. The molecular weight excluding hydrogens is 228 g/mol. The van der Waals surface area contributed by atoms with E-state index in [-0.39, 0.29) is 5.38 Å². The zero-order valence-corrected chi connectivity index (χ0v) is 10.7. The fraction of sp³-hybridized carbons (Fsp3) is 0.375. The van der Waals surface area contributed by atoms with E-state index in [1.54, 1.807) is 0 Å². The zero-order valence-electron chi connectivity index (χ0n) is 9.90. The number of alkyl halides is 1. The van der Waals surface area contributed by atoms with Crippen LogP contribution < -0.4 is 0 Å². The molecule has 0 nitrogen and oxygen atoms in total. The second-order valence-corrected chi connectivity index (χ2v) is 5.60. The van der Waals surface area contributed by atoms with E-state index in [9.17, 15) is 0 Å². The van der Waals surface area contributed by atoms with Crippen molar-refractivity contribution in [2.75, 3.05) is 0 Å². The number of benzene rings is 2. The van der Waals surface area contributed by atoms with E-state index in [0.717, 1.165) is 12.3 Å². The van der Waals surface area contributed by atoms with Gasteiger partial charge in [-0.2, -0.15) is 0 Å². The minimum Gasteiger partial charge on any atom is -0.118 e. The summed E-state index contributed by atoms with van der Waals surface area (Å²) in [5.74, 6) is 0.858. The number of halogens is 1. The molecule has 1 unspecified atom stereocenters. The van der Waals surface area contributed by atoms with Crippen molar-refractivity contribution in [2.45, 2.75) is 31.1 Å². The summed E-state index contributed by atoms with van der Waals surface area (Å²) in [6, 6.07) is 15.0. The smallest absolute Gasteiger partial charge is 0.0593 e. The molecular formula is C16H17Cl. The van der Waals surface area contributed by atoms with Gasteiger partial charge < -0.3 is 0 Å². The van der Waals surface area contributed by atoms with Crippen LogP contribution in [0.25, 0.3) is 10.8 Å². The minimum atomic E-state index is 0.173. The molecule has 17 heavy (non-hydrogen) atoms. The third kappa shape index (κ3) is 2.19. The van der Waals surface area contributed by atoms with Gasteiger partial charge in [0.15, 0.2) is 0 Å². The molecule has 0 aromatic heterocycles. The molecule has 0 aliphatic heterocycles. The highest BCUT2D eigenvalue weighted by atomic mass is 35.5. The van der Waals surface area contributed by atoms with Crippen molar-refractivity contribution in [3.63, 3.8) is 0 Å². The minimum absolute atomic E-state index is 0.173. The summed E-state index contributed by atoms with van der Waals surface area (Å²) in [7, 11) is 0. The van der Waals surface area contributed by atoms with Gasteiger partial charge in [0.1, 0.15) is 0 Å². The lowest BCUT2D eigenvalue weighted by atomic mass is 9.81. The van der Waals surface area contributed by atoms with E-state index in [2.05, 4.69) is 42.5 Å². The molecule has 1 atom stereocenters. The van der Waals surface area contributed by atoms with E-state index in [1.807, 2.05) is 0 Å². The zero-order chi connectivity index (χ0) is 11.7. The predicted molar refractivity (Wildman–Crippen MR) is 74.5 cm³/mol. The molecule has 0 N–H and O–H groups in total. The summed E-state index contributed by atoms with van der Waals surface area (Å²) < 4.78 is 0. The lowest BCUT2D eigenvalue weighted by Gasteiger charge is -2.27. The first-order valence-electron chi connectivity index (χ1n) is 6.46. The summed E-state index contributed by atoms with van der Waals surface area (Å²) in [5.41, 5.74) is 1.30. The van der Waals surface area contributed by atoms with Crippen LogP contribution in [-0.2, 0) is 0 Å². The van der Waals surface area contributed by atoms with E-state index >= 15 is 0 Å². The summed E-state index contributed by atoms with van der Waals surface area (Å²) in [6.07, 6.45) is 5.27. The van der Waals surface area contributed by atoms with Crippen LogP contribution in [0.15, 0.2) is 42.5 Å². The van der Waals surface area contributed by atoms with Crippen LogP contribution in [0.3, 0.4) is 0 Å². The third-order valence-electron chi connectivity index (χ3n) is 3.93. The lowest BCUT2D eigenvalue weighted by molar-refractivity contribution is 0.293. The normalized spacial score (nSPS) is 17.9. The molecule has 88 valence electrons. The standard InChI is InChI=1S/C16H17Cl/c17-16(11-12-5-3-6-12)15-10-4-8-13-7-1-2-9-14(13)15/h1-2,4,7-10,12,16H,3,5-6,11H2. The molecule has 0 amide bonds. The van der Waals surface area contributed by atoms with Crippen LogP contribution >= 0.6 is 11.6 Å². The average Bonchev–Trinajstić information content (AvgIpc) is 2.33. The highest BCUT2D eigenvalue weighted by Gasteiger charge is 2.22. The van der Waals surface area contributed by atoms with Crippen molar-refractivity contribution in [3.05, 3.63) is 48.0 Å². The molecule has 1 heteroatoms. The van der Waals surface area contributed by atoms with Crippen molar-refractivity contribution in [1.82, 2.24) is 0 Å². The van der Waals surface area contributed by atoms with Crippen LogP contribution in [-0.4, -0.2) is 0 Å². The molecule has 0 saturated heterocycles. The Kier molecular flexibility index (Phi) is 3.07. The van der Waals surface area contributed by atoms with Crippen LogP contribution in [0.1, 0.15) is 36.6 Å². The van der Waals surface area contributed by atoms with Gasteiger partial charge in [0.05, 0.1) is 5.38 Å². The van der Waals surface area contributed by atoms with Gasteiger partial charge in [-0.1, -0.05) is 61.7 Å². The van der Waals surface area contributed by atoms with Gasteiger partial charge >= 0.3 is 0 Å². The molecule has 2 aromatic carbocycles. The van der Waals surface area contributed by atoms with Gasteiger partial charge in [0.25, 0.3) is 0 Å². The van der Waals surface area contributed by atoms with Crippen molar-refractivity contribution in [3.8, 4) is 0 Å². The summed E-state index contributed by atoms with van der Waals surface area (Å²) in [5, 5.41) is 2.78. The van der Waals surface area contributed by atoms with E-state index in [4.69, 9.17) is 11.6 Å². The topological polar surface area (TPSA) is 0 Å². The molecule has 0 bridgehead atoms. The monoisotopic (exact) mass is 244 g/mol. The van der Waals surface area contributed by atoms with Gasteiger partial charge in [-0.15, -0.1) is 11.6 Å². The molecule has 1 aliphatic carbocycles. The first kappa shape index (κ1) is 11.1. The molecule has 1 fully saturated rings. The molecule has 2 aromatic rings. The van der Waals surface area contributed by atoms with E-state index < -0.39 is 0 Å². The Hall–Kier alpha value is -1.01. The SMILES string of the molecule is ClC(CC1CCC1)c1cccc2ccccc12. The summed E-state index contributed by atoms with van der Waals surface area (Å²) in [6.45, 7) is 0. The number of hydrogen-bond donors (Lipinski definition) is 0. The van der Waals surface area contributed by atoms with Gasteiger partial charge in [0, 0.05) is 0 Å². The lowest BCUT2D eigenvalue weighted by Crippen LogP contribution is -2.13. The molecule has 1 saturated carbocycles. The average molecular weight is 245 g/mol. The van der Waals surface area contributed by atoms with Crippen LogP contribution in [0, 0.1) is 5.92 Å². The van der Waals surface area contributed by atoms with Crippen LogP contribution in [0.5, 0.6) is 0 Å². The highest BCUT2D eigenvalue weighted by Crippen LogP contribution is 2.39. The number of fused-ring (bicyclic) bond motifs is 1.